The summed E-state index contributed by atoms with van der Waals surface area (Å²) in [6.07, 6.45) is 0. The number of ether oxygens (including phenoxy) is 3. The highest BCUT2D eigenvalue weighted by Gasteiger charge is 2.27. The summed E-state index contributed by atoms with van der Waals surface area (Å²) in [4.78, 5) is 36.9. The highest BCUT2D eigenvalue weighted by Crippen LogP contribution is 2.35. The molecule has 0 aliphatic rings. The number of carbonyl (C=O) groups is 3. The number of halogens is 1. The fraction of sp³-hybridized carbons (Fsp3) is 0.235. The Morgan fingerprint density at radius 1 is 1.08 bits per heavy atom. The van der Waals surface area contributed by atoms with Crippen LogP contribution in [0.4, 0.5) is 5.00 Å². The molecule has 0 atom stereocenters. The average Bonchev–Trinajstić information content (AvgIpc) is 2.96. The molecule has 0 saturated heterocycles. The van der Waals surface area contributed by atoms with E-state index >= 15 is 0 Å². The van der Waals surface area contributed by atoms with Crippen LogP contribution in [0.25, 0.3) is 0 Å². The van der Waals surface area contributed by atoms with Crippen LogP contribution in [0.5, 0.6) is 5.75 Å². The third-order valence-electron chi connectivity index (χ3n) is 3.54. The molecule has 2 rings (SSSR count). The molecule has 1 aromatic heterocycles. The van der Waals surface area contributed by atoms with Crippen molar-refractivity contribution in [1.82, 2.24) is 0 Å². The molecule has 1 N–H and O–H groups in total. The van der Waals surface area contributed by atoms with Gasteiger partial charge in [-0.1, -0.05) is 11.6 Å². The number of amides is 1. The van der Waals surface area contributed by atoms with Crippen LogP contribution in [0.2, 0.25) is 5.02 Å². The van der Waals surface area contributed by atoms with E-state index in [0.29, 0.717) is 16.3 Å². The van der Waals surface area contributed by atoms with E-state index < -0.39 is 17.8 Å². The van der Waals surface area contributed by atoms with Gasteiger partial charge in [-0.25, -0.2) is 9.59 Å². The van der Waals surface area contributed by atoms with Crippen LogP contribution in [0.15, 0.2) is 18.2 Å². The summed E-state index contributed by atoms with van der Waals surface area (Å²) in [6, 6.07) is 4.58. The van der Waals surface area contributed by atoms with Crippen LogP contribution in [0, 0.1) is 6.92 Å². The van der Waals surface area contributed by atoms with Crippen LogP contribution in [-0.4, -0.2) is 39.2 Å². The van der Waals surface area contributed by atoms with Gasteiger partial charge in [0.2, 0.25) is 0 Å². The lowest BCUT2D eigenvalue weighted by Gasteiger charge is -2.10. The Hall–Kier alpha value is -2.58. The summed E-state index contributed by atoms with van der Waals surface area (Å²) < 4.78 is 14.6. The van der Waals surface area contributed by atoms with E-state index in [1.165, 1.54) is 27.4 Å². The lowest BCUT2D eigenvalue weighted by Crippen LogP contribution is -2.15. The Labute approximate surface area is 158 Å². The summed E-state index contributed by atoms with van der Waals surface area (Å²) in [7, 11) is 3.86. The van der Waals surface area contributed by atoms with E-state index in [1.54, 1.807) is 19.1 Å². The van der Waals surface area contributed by atoms with E-state index in [1.807, 2.05) is 0 Å². The third-order valence-corrected chi connectivity index (χ3v) is 4.96. The highest BCUT2D eigenvalue weighted by atomic mass is 35.5. The highest BCUT2D eigenvalue weighted by molar-refractivity contribution is 7.18. The number of rotatable bonds is 5. The van der Waals surface area contributed by atoms with E-state index in [2.05, 4.69) is 5.32 Å². The number of hydrogen-bond acceptors (Lipinski definition) is 7. The molecule has 9 heteroatoms. The van der Waals surface area contributed by atoms with Crippen LogP contribution in [0.1, 0.15) is 36.0 Å². The lowest BCUT2D eigenvalue weighted by molar-refractivity contribution is 0.0601. The molecule has 138 valence electrons. The van der Waals surface area contributed by atoms with Gasteiger partial charge in [-0.15, -0.1) is 11.3 Å². The minimum atomic E-state index is -0.678. The molecule has 0 saturated carbocycles. The van der Waals surface area contributed by atoms with Gasteiger partial charge in [0.15, 0.2) is 0 Å². The van der Waals surface area contributed by atoms with Crippen molar-refractivity contribution in [3.8, 4) is 5.75 Å². The standard InChI is InChI=1S/C17H16ClNO6S/c1-8-12(16(21)24-3)15(26-13(8)17(22)25-4)19-14(20)10-7-9(18)5-6-11(10)23-2/h5-7H,1-4H3,(H,19,20). The van der Waals surface area contributed by atoms with Crippen LogP contribution in [0.3, 0.4) is 0 Å². The Balaban J connectivity index is 2.49. The number of carbonyl (C=O) groups excluding carboxylic acids is 3. The Morgan fingerprint density at radius 3 is 2.31 bits per heavy atom. The van der Waals surface area contributed by atoms with E-state index in [-0.39, 0.29) is 21.0 Å². The van der Waals surface area contributed by atoms with E-state index in [0.717, 1.165) is 11.3 Å². The van der Waals surface area contributed by atoms with Gasteiger partial charge < -0.3 is 19.5 Å². The van der Waals surface area contributed by atoms with Crippen molar-refractivity contribution in [3.63, 3.8) is 0 Å². The molecule has 7 nitrogen and oxygen atoms in total. The molecule has 0 bridgehead atoms. The summed E-state index contributed by atoms with van der Waals surface area (Å²) in [5.74, 6) is -1.53. The van der Waals surface area contributed by atoms with E-state index in [9.17, 15) is 14.4 Å². The van der Waals surface area contributed by atoms with Gasteiger partial charge in [0.1, 0.15) is 15.6 Å². The molecule has 0 radical (unpaired) electrons. The maximum atomic E-state index is 12.7. The summed E-state index contributed by atoms with van der Waals surface area (Å²) in [5.41, 5.74) is 0.635. The minimum Gasteiger partial charge on any atom is -0.496 e. The Kier molecular flexibility index (Phi) is 6.23. The molecule has 0 spiro atoms. The second-order valence-corrected chi connectivity index (χ2v) is 6.50. The molecule has 1 amide bonds. The first kappa shape index (κ1) is 19.7. The zero-order valence-electron chi connectivity index (χ0n) is 14.5. The first-order valence-corrected chi connectivity index (χ1v) is 8.48. The quantitative estimate of drug-likeness (QED) is 0.776. The molecule has 2 aromatic rings. The van der Waals surface area contributed by atoms with E-state index in [4.69, 9.17) is 25.8 Å². The molecule has 0 aliphatic heterocycles. The van der Waals surface area contributed by atoms with Gasteiger partial charge in [0.05, 0.1) is 32.5 Å². The monoisotopic (exact) mass is 397 g/mol. The van der Waals surface area contributed by atoms with Crippen molar-refractivity contribution in [2.45, 2.75) is 6.92 Å². The van der Waals surface area contributed by atoms with Crippen molar-refractivity contribution in [2.24, 2.45) is 0 Å². The van der Waals surface area contributed by atoms with Crippen LogP contribution >= 0.6 is 22.9 Å². The number of benzene rings is 1. The van der Waals surface area contributed by atoms with Gasteiger partial charge in [-0.2, -0.15) is 0 Å². The molecule has 0 unspecified atom stereocenters. The largest absolute Gasteiger partial charge is 0.496 e. The normalized spacial score (nSPS) is 10.2. The van der Waals surface area contributed by atoms with Crippen LogP contribution < -0.4 is 10.1 Å². The number of anilines is 1. The predicted octanol–water partition coefficient (Wildman–Crippen LogP) is 3.54. The van der Waals surface area contributed by atoms with Crippen molar-refractivity contribution in [1.29, 1.82) is 0 Å². The predicted molar refractivity (Wildman–Crippen MR) is 97.7 cm³/mol. The van der Waals surface area contributed by atoms with Crippen molar-refractivity contribution < 1.29 is 28.6 Å². The zero-order chi connectivity index (χ0) is 19.4. The molecule has 26 heavy (non-hydrogen) atoms. The molecule has 1 heterocycles. The van der Waals surface area contributed by atoms with Gasteiger partial charge in [0.25, 0.3) is 5.91 Å². The maximum absolute atomic E-state index is 12.7. The Bertz CT molecular complexity index is 876. The molecule has 0 fully saturated rings. The Morgan fingerprint density at radius 2 is 1.73 bits per heavy atom. The molecule has 0 aliphatic carbocycles. The summed E-state index contributed by atoms with van der Waals surface area (Å²) >= 11 is 6.87. The molecular weight excluding hydrogens is 382 g/mol. The first-order valence-electron chi connectivity index (χ1n) is 7.28. The summed E-state index contributed by atoms with van der Waals surface area (Å²) in [6.45, 7) is 1.57. The fourth-order valence-corrected chi connectivity index (χ4v) is 3.55. The summed E-state index contributed by atoms with van der Waals surface area (Å²) in [5, 5.41) is 3.13. The van der Waals surface area contributed by atoms with Gasteiger partial charge in [-0.05, 0) is 30.7 Å². The van der Waals surface area contributed by atoms with Gasteiger partial charge in [0, 0.05) is 5.02 Å². The topological polar surface area (TPSA) is 90.9 Å². The zero-order valence-corrected chi connectivity index (χ0v) is 16.0. The number of hydrogen-bond donors (Lipinski definition) is 1. The number of thiophene rings is 1. The number of esters is 2. The van der Waals surface area contributed by atoms with Gasteiger partial charge >= 0.3 is 11.9 Å². The number of nitrogens with one attached hydrogen (secondary N) is 1. The second kappa shape index (κ2) is 8.20. The minimum absolute atomic E-state index is 0.0900. The van der Waals surface area contributed by atoms with Crippen molar-refractivity contribution >= 4 is 45.8 Å². The SMILES string of the molecule is COC(=O)c1sc(NC(=O)c2cc(Cl)ccc2OC)c(C(=O)OC)c1C. The number of methoxy groups -OCH3 is 3. The van der Waals surface area contributed by atoms with Crippen molar-refractivity contribution in [3.05, 3.63) is 44.8 Å². The third kappa shape index (κ3) is 3.81. The maximum Gasteiger partial charge on any atom is 0.348 e. The first-order chi connectivity index (χ1) is 12.3. The van der Waals surface area contributed by atoms with Crippen LogP contribution in [-0.2, 0) is 9.47 Å². The van der Waals surface area contributed by atoms with Gasteiger partial charge in [-0.3, -0.25) is 4.79 Å². The molecular formula is C17H16ClNO6S. The fourth-order valence-electron chi connectivity index (χ4n) is 2.26. The smallest absolute Gasteiger partial charge is 0.348 e. The van der Waals surface area contributed by atoms with Crippen molar-refractivity contribution in [2.75, 3.05) is 26.6 Å². The average molecular weight is 398 g/mol. The lowest BCUT2D eigenvalue weighted by atomic mass is 10.1. The molecule has 1 aromatic carbocycles. The second-order valence-electron chi connectivity index (χ2n) is 5.04.